The molecule has 0 bridgehead atoms. The molecule has 0 radical (unpaired) electrons. The van der Waals surface area contributed by atoms with Crippen molar-refractivity contribution in [3.05, 3.63) is 47.9 Å². The van der Waals surface area contributed by atoms with E-state index >= 15 is 0 Å². The largest absolute Gasteiger partial charge is 0.534 e. The summed E-state index contributed by atoms with van der Waals surface area (Å²) in [6.07, 6.45) is 0.983. The maximum Gasteiger partial charge on any atom is 0.534 e. The fraction of sp³-hybridized carbons (Fsp3) is 0.0833. The molecule has 0 amide bonds. The third kappa shape index (κ3) is 3.23. The van der Waals surface area contributed by atoms with Gasteiger partial charge in [0.15, 0.2) is 11.6 Å². The number of benzene rings is 1. The van der Waals surface area contributed by atoms with Gasteiger partial charge in [-0.2, -0.15) is 21.6 Å². The van der Waals surface area contributed by atoms with Gasteiger partial charge in [0, 0.05) is 6.20 Å². The first-order valence-electron chi connectivity index (χ1n) is 5.64. The predicted molar refractivity (Wildman–Crippen MR) is 65.1 cm³/mol. The van der Waals surface area contributed by atoms with E-state index in [0.29, 0.717) is 12.1 Å². The van der Waals surface area contributed by atoms with Crippen molar-refractivity contribution in [3.63, 3.8) is 0 Å². The summed E-state index contributed by atoms with van der Waals surface area (Å²) in [7, 11) is -6.17. The Labute approximate surface area is 125 Å². The Morgan fingerprint density at radius 2 is 1.65 bits per heavy atom. The van der Waals surface area contributed by atoms with Crippen molar-refractivity contribution in [1.82, 2.24) is 4.98 Å². The monoisotopic (exact) mass is 357 g/mol. The van der Waals surface area contributed by atoms with Gasteiger partial charge in [0.25, 0.3) is 0 Å². The van der Waals surface area contributed by atoms with Crippen molar-refractivity contribution in [2.75, 3.05) is 0 Å². The third-order valence-electron chi connectivity index (χ3n) is 2.53. The van der Waals surface area contributed by atoms with E-state index < -0.39 is 50.1 Å². The average molecular weight is 357 g/mol. The second kappa shape index (κ2) is 5.72. The number of halogens is 6. The SMILES string of the molecule is O=S(=O)(Oc1ccc(F)c(-c2ncccc2F)c1F)C(F)(F)F. The minimum Gasteiger partial charge on any atom is -0.373 e. The van der Waals surface area contributed by atoms with Gasteiger partial charge in [0.05, 0.1) is 5.56 Å². The molecule has 1 heterocycles. The van der Waals surface area contributed by atoms with Crippen LogP contribution in [-0.2, 0) is 10.1 Å². The summed E-state index contributed by atoms with van der Waals surface area (Å²) in [6.45, 7) is 0. The summed E-state index contributed by atoms with van der Waals surface area (Å²) >= 11 is 0. The summed E-state index contributed by atoms with van der Waals surface area (Å²) in [6, 6.07) is 2.68. The van der Waals surface area contributed by atoms with E-state index in [1.807, 2.05) is 0 Å². The van der Waals surface area contributed by atoms with E-state index in [1.165, 1.54) is 0 Å². The van der Waals surface area contributed by atoms with E-state index in [-0.39, 0.29) is 0 Å². The Kier molecular flexibility index (Phi) is 4.24. The zero-order valence-electron chi connectivity index (χ0n) is 10.7. The van der Waals surface area contributed by atoms with E-state index in [0.717, 1.165) is 18.3 Å². The summed E-state index contributed by atoms with van der Waals surface area (Å²) in [5.74, 6) is -5.81. The molecule has 0 aliphatic rings. The quantitative estimate of drug-likeness (QED) is 0.480. The van der Waals surface area contributed by atoms with Crippen molar-refractivity contribution in [1.29, 1.82) is 0 Å². The molecule has 11 heteroatoms. The van der Waals surface area contributed by atoms with Crippen LogP contribution >= 0.6 is 0 Å². The molecular formula is C12H5F6NO3S. The standard InChI is InChI=1S/C12H5F6NO3S/c13-6-3-4-8(22-23(20,21)12(16,17)18)10(15)9(6)11-7(14)2-1-5-19-11/h1-5H. The van der Waals surface area contributed by atoms with Gasteiger partial charge in [-0.3, -0.25) is 4.98 Å². The molecule has 1 aromatic heterocycles. The highest BCUT2D eigenvalue weighted by Crippen LogP contribution is 2.34. The number of hydrogen-bond donors (Lipinski definition) is 0. The molecule has 0 spiro atoms. The second-order valence-corrected chi connectivity index (χ2v) is 5.59. The fourth-order valence-corrected chi connectivity index (χ4v) is 2.01. The highest BCUT2D eigenvalue weighted by atomic mass is 32.2. The summed E-state index contributed by atoms with van der Waals surface area (Å²) in [4.78, 5) is 3.37. The maximum atomic E-state index is 14.1. The van der Waals surface area contributed by atoms with E-state index in [4.69, 9.17) is 0 Å². The van der Waals surface area contributed by atoms with Gasteiger partial charge in [0.2, 0.25) is 0 Å². The van der Waals surface area contributed by atoms with Gasteiger partial charge < -0.3 is 4.18 Å². The van der Waals surface area contributed by atoms with Crippen LogP contribution in [0.5, 0.6) is 5.75 Å². The van der Waals surface area contributed by atoms with Crippen LogP contribution in [-0.4, -0.2) is 18.9 Å². The zero-order valence-corrected chi connectivity index (χ0v) is 11.6. The van der Waals surface area contributed by atoms with E-state index in [2.05, 4.69) is 9.17 Å². The first-order chi connectivity index (χ1) is 10.5. The average Bonchev–Trinajstić information content (AvgIpc) is 2.43. The van der Waals surface area contributed by atoms with Gasteiger partial charge in [-0.1, -0.05) is 0 Å². The van der Waals surface area contributed by atoms with Gasteiger partial charge in [-0.25, -0.2) is 13.2 Å². The van der Waals surface area contributed by atoms with Gasteiger partial charge >= 0.3 is 15.6 Å². The highest BCUT2D eigenvalue weighted by Gasteiger charge is 2.49. The number of hydrogen-bond acceptors (Lipinski definition) is 4. The molecule has 0 fully saturated rings. The fourth-order valence-electron chi connectivity index (χ4n) is 1.55. The van der Waals surface area contributed by atoms with Gasteiger partial charge in [-0.05, 0) is 24.3 Å². The molecular weight excluding hydrogens is 352 g/mol. The van der Waals surface area contributed by atoms with Crippen molar-refractivity contribution in [3.8, 4) is 17.0 Å². The first kappa shape index (κ1) is 17.1. The van der Waals surface area contributed by atoms with Crippen LogP contribution in [0.4, 0.5) is 26.3 Å². The van der Waals surface area contributed by atoms with Crippen LogP contribution < -0.4 is 4.18 Å². The lowest BCUT2D eigenvalue weighted by Crippen LogP contribution is -2.28. The molecule has 0 saturated heterocycles. The zero-order chi connectivity index (χ0) is 17.4. The van der Waals surface area contributed by atoms with E-state index in [9.17, 15) is 34.8 Å². The normalized spacial score (nSPS) is 12.3. The van der Waals surface area contributed by atoms with Crippen molar-refractivity contribution < 1.29 is 38.9 Å². The summed E-state index contributed by atoms with van der Waals surface area (Å²) in [5.41, 5.74) is -7.82. The molecule has 0 aliphatic heterocycles. The second-order valence-electron chi connectivity index (χ2n) is 4.05. The predicted octanol–water partition coefficient (Wildman–Crippen LogP) is 3.39. The molecule has 4 nitrogen and oxygen atoms in total. The van der Waals surface area contributed by atoms with Crippen LogP contribution in [0.25, 0.3) is 11.3 Å². The molecule has 0 saturated carbocycles. The number of nitrogens with zero attached hydrogens (tertiary/aromatic N) is 1. The van der Waals surface area contributed by atoms with Crippen LogP contribution in [0.15, 0.2) is 30.5 Å². The summed E-state index contributed by atoms with van der Waals surface area (Å²) in [5, 5.41) is 0. The summed E-state index contributed by atoms with van der Waals surface area (Å²) < 4.78 is 103. The van der Waals surface area contributed by atoms with Crippen molar-refractivity contribution in [2.45, 2.75) is 5.51 Å². The van der Waals surface area contributed by atoms with Crippen LogP contribution in [0, 0.1) is 17.5 Å². The molecule has 2 aromatic rings. The first-order valence-corrected chi connectivity index (χ1v) is 7.05. The van der Waals surface area contributed by atoms with Crippen molar-refractivity contribution >= 4 is 10.1 Å². The van der Waals surface area contributed by atoms with Crippen LogP contribution in [0.2, 0.25) is 0 Å². The molecule has 1 aromatic carbocycles. The number of aromatic nitrogens is 1. The number of alkyl halides is 3. The molecule has 23 heavy (non-hydrogen) atoms. The minimum atomic E-state index is -6.17. The minimum absolute atomic E-state index is 0.332. The maximum absolute atomic E-state index is 14.1. The molecule has 0 atom stereocenters. The number of rotatable bonds is 3. The van der Waals surface area contributed by atoms with Gasteiger partial charge in [-0.15, -0.1) is 0 Å². The Hall–Kier alpha value is -2.30. The van der Waals surface area contributed by atoms with Gasteiger partial charge in [0.1, 0.15) is 17.3 Å². The van der Waals surface area contributed by atoms with Crippen LogP contribution in [0.3, 0.4) is 0 Å². The molecule has 0 N–H and O–H groups in total. The Bertz CT molecular complexity index is 850. The lowest BCUT2D eigenvalue weighted by molar-refractivity contribution is -0.0500. The smallest absolute Gasteiger partial charge is 0.373 e. The van der Waals surface area contributed by atoms with Crippen LogP contribution in [0.1, 0.15) is 0 Å². The third-order valence-corrected chi connectivity index (χ3v) is 3.50. The lowest BCUT2D eigenvalue weighted by Gasteiger charge is -2.12. The molecule has 0 aliphatic carbocycles. The van der Waals surface area contributed by atoms with Crippen molar-refractivity contribution in [2.24, 2.45) is 0 Å². The Balaban J connectivity index is 2.59. The highest BCUT2D eigenvalue weighted by molar-refractivity contribution is 7.88. The Morgan fingerprint density at radius 1 is 1.00 bits per heavy atom. The van der Waals surface area contributed by atoms with E-state index in [1.54, 1.807) is 0 Å². The lowest BCUT2D eigenvalue weighted by atomic mass is 10.1. The molecule has 124 valence electrons. The topological polar surface area (TPSA) is 56.3 Å². The molecule has 2 rings (SSSR count). The molecule has 0 unspecified atom stereocenters. The Morgan fingerprint density at radius 3 is 2.22 bits per heavy atom. The number of pyridine rings is 1.